The fourth-order valence-electron chi connectivity index (χ4n) is 3.06. The highest BCUT2D eigenvalue weighted by molar-refractivity contribution is 7.13. The van der Waals surface area contributed by atoms with Gasteiger partial charge in [0.2, 0.25) is 0 Å². The van der Waals surface area contributed by atoms with Crippen molar-refractivity contribution in [3.8, 4) is 16.3 Å². The Hall–Kier alpha value is -2.41. The third-order valence-corrected chi connectivity index (χ3v) is 5.22. The molecule has 1 fully saturated rings. The van der Waals surface area contributed by atoms with E-state index < -0.39 is 5.97 Å². The van der Waals surface area contributed by atoms with E-state index >= 15 is 0 Å². The summed E-state index contributed by atoms with van der Waals surface area (Å²) in [6.45, 7) is 3.95. The molecule has 7 heteroatoms. The second kappa shape index (κ2) is 7.86. The number of carboxylic acid groups (broad SMARTS) is 1. The van der Waals surface area contributed by atoms with E-state index in [1.807, 2.05) is 38.1 Å². The average Bonchev–Trinajstić information content (AvgIpc) is 3.24. The summed E-state index contributed by atoms with van der Waals surface area (Å²) in [6, 6.07) is 7.53. The van der Waals surface area contributed by atoms with Crippen LogP contribution in [0.25, 0.3) is 10.6 Å². The first kappa shape index (κ1) is 18.4. The van der Waals surface area contributed by atoms with E-state index in [1.165, 1.54) is 11.3 Å². The first-order valence-corrected chi connectivity index (χ1v) is 9.56. The lowest BCUT2D eigenvalue weighted by molar-refractivity contribution is -0.141. The maximum absolute atomic E-state index is 12.4. The van der Waals surface area contributed by atoms with Crippen LogP contribution in [-0.4, -0.2) is 34.1 Å². The summed E-state index contributed by atoms with van der Waals surface area (Å²) >= 11 is 1.41. The molecule has 26 heavy (non-hydrogen) atoms. The van der Waals surface area contributed by atoms with Gasteiger partial charge in [-0.15, -0.1) is 11.3 Å². The Balaban J connectivity index is 1.62. The monoisotopic (exact) mass is 374 g/mol. The Bertz CT molecular complexity index is 785. The molecule has 1 aromatic heterocycles. The molecule has 0 aliphatic heterocycles. The fraction of sp³-hybridized carbons (Fsp3) is 0.421. The van der Waals surface area contributed by atoms with Crippen LogP contribution in [0, 0.1) is 5.92 Å². The highest BCUT2D eigenvalue weighted by atomic mass is 32.1. The predicted molar refractivity (Wildman–Crippen MR) is 99.5 cm³/mol. The molecule has 1 amide bonds. The minimum Gasteiger partial charge on any atom is -0.491 e. The number of ether oxygens (including phenoxy) is 1. The second-order valence-electron chi connectivity index (χ2n) is 6.75. The molecule has 3 rings (SSSR count). The fourth-order valence-corrected chi connectivity index (χ4v) is 3.86. The zero-order chi connectivity index (χ0) is 18.7. The molecule has 0 saturated heterocycles. The van der Waals surface area contributed by atoms with Gasteiger partial charge in [-0.05, 0) is 57.4 Å². The Kier molecular flexibility index (Phi) is 5.56. The van der Waals surface area contributed by atoms with Crippen molar-refractivity contribution in [1.29, 1.82) is 0 Å². The van der Waals surface area contributed by atoms with Crippen molar-refractivity contribution in [2.45, 2.75) is 45.3 Å². The van der Waals surface area contributed by atoms with Crippen LogP contribution in [0.2, 0.25) is 0 Å². The van der Waals surface area contributed by atoms with E-state index in [9.17, 15) is 9.59 Å². The van der Waals surface area contributed by atoms with Crippen LogP contribution in [-0.2, 0) is 4.79 Å². The maximum atomic E-state index is 12.4. The highest BCUT2D eigenvalue weighted by Crippen LogP contribution is 2.28. The van der Waals surface area contributed by atoms with Gasteiger partial charge in [-0.25, -0.2) is 4.98 Å². The molecule has 1 aliphatic rings. The number of nitrogens with one attached hydrogen (secondary N) is 1. The molecular weight excluding hydrogens is 352 g/mol. The molecule has 0 unspecified atom stereocenters. The van der Waals surface area contributed by atoms with Gasteiger partial charge >= 0.3 is 5.97 Å². The normalized spacial score (nSPS) is 19.5. The molecule has 0 spiro atoms. The minimum absolute atomic E-state index is 0.0961. The first-order valence-electron chi connectivity index (χ1n) is 8.68. The number of carbonyl (C=O) groups excluding carboxylic acids is 1. The number of rotatable bonds is 6. The van der Waals surface area contributed by atoms with Crippen LogP contribution in [0.4, 0.5) is 0 Å². The van der Waals surface area contributed by atoms with Gasteiger partial charge in [-0.3, -0.25) is 9.59 Å². The second-order valence-corrected chi connectivity index (χ2v) is 7.61. The van der Waals surface area contributed by atoms with Crippen LogP contribution < -0.4 is 10.1 Å². The predicted octanol–water partition coefficient (Wildman–Crippen LogP) is 3.58. The van der Waals surface area contributed by atoms with Gasteiger partial charge in [-0.2, -0.15) is 0 Å². The number of hydrogen-bond donors (Lipinski definition) is 2. The van der Waals surface area contributed by atoms with E-state index in [0.29, 0.717) is 25.0 Å². The van der Waals surface area contributed by atoms with E-state index in [1.54, 1.807) is 5.38 Å². The number of aliphatic carboxylic acids is 1. The van der Waals surface area contributed by atoms with E-state index in [0.717, 1.165) is 16.3 Å². The van der Waals surface area contributed by atoms with Crippen molar-refractivity contribution < 1.29 is 19.4 Å². The summed E-state index contributed by atoms with van der Waals surface area (Å²) in [5.74, 6) is -0.601. The van der Waals surface area contributed by atoms with Gasteiger partial charge in [0, 0.05) is 17.0 Å². The summed E-state index contributed by atoms with van der Waals surface area (Å²) in [4.78, 5) is 27.8. The molecule has 1 aliphatic carbocycles. The zero-order valence-electron chi connectivity index (χ0n) is 14.8. The number of benzene rings is 1. The molecule has 2 N–H and O–H groups in total. The van der Waals surface area contributed by atoms with Crippen LogP contribution in [0.1, 0.15) is 43.6 Å². The number of carbonyl (C=O) groups is 2. The van der Waals surface area contributed by atoms with Crippen molar-refractivity contribution in [1.82, 2.24) is 10.3 Å². The average molecular weight is 374 g/mol. The Morgan fingerprint density at radius 3 is 2.62 bits per heavy atom. The minimum atomic E-state index is -0.789. The largest absolute Gasteiger partial charge is 0.491 e. The van der Waals surface area contributed by atoms with Crippen molar-refractivity contribution >= 4 is 23.2 Å². The van der Waals surface area contributed by atoms with E-state index in [4.69, 9.17) is 9.84 Å². The number of thiazole rings is 1. The molecule has 2 atom stereocenters. The molecular formula is C19H22N2O4S. The van der Waals surface area contributed by atoms with E-state index in [2.05, 4.69) is 10.3 Å². The Morgan fingerprint density at radius 1 is 1.27 bits per heavy atom. The summed E-state index contributed by atoms with van der Waals surface area (Å²) in [5.41, 5.74) is 1.29. The van der Waals surface area contributed by atoms with Gasteiger partial charge in [-0.1, -0.05) is 0 Å². The molecule has 1 heterocycles. The first-order chi connectivity index (χ1) is 12.4. The summed E-state index contributed by atoms with van der Waals surface area (Å²) < 4.78 is 5.63. The summed E-state index contributed by atoms with van der Waals surface area (Å²) in [7, 11) is 0. The summed E-state index contributed by atoms with van der Waals surface area (Å²) in [6.07, 6.45) is 1.90. The molecule has 1 aromatic carbocycles. The topological polar surface area (TPSA) is 88.5 Å². The standard InChI is InChI=1S/C19H22N2O4S/c1-11(2)25-15-7-4-12(5-8-15)18-21-16(10-26-18)17(22)20-14-6-3-13(9-14)19(23)24/h4-5,7-8,10-11,13-14H,3,6,9H2,1-2H3,(H,20,22)(H,23,24)/t13-,14+/m0/s1. The van der Waals surface area contributed by atoms with Gasteiger partial charge in [0.1, 0.15) is 16.5 Å². The maximum Gasteiger partial charge on any atom is 0.306 e. The quantitative estimate of drug-likeness (QED) is 0.807. The van der Waals surface area contributed by atoms with Gasteiger partial charge in [0.05, 0.1) is 12.0 Å². The van der Waals surface area contributed by atoms with Crippen LogP contribution >= 0.6 is 11.3 Å². The van der Waals surface area contributed by atoms with Crippen LogP contribution in [0.3, 0.4) is 0 Å². The van der Waals surface area contributed by atoms with Gasteiger partial charge in [0.25, 0.3) is 5.91 Å². The number of amides is 1. The molecule has 1 saturated carbocycles. The third-order valence-electron chi connectivity index (χ3n) is 4.33. The van der Waals surface area contributed by atoms with Crippen LogP contribution in [0.15, 0.2) is 29.6 Å². The van der Waals surface area contributed by atoms with Crippen LogP contribution in [0.5, 0.6) is 5.75 Å². The van der Waals surface area contributed by atoms with Crippen molar-refractivity contribution in [2.24, 2.45) is 5.92 Å². The molecule has 2 aromatic rings. The van der Waals surface area contributed by atoms with Crippen molar-refractivity contribution in [3.63, 3.8) is 0 Å². The summed E-state index contributed by atoms with van der Waals surface area (Å²) in [5, 5.41) is 14.4. The Morgan fingerprint density at radius 2 is 2.00 bits per heavy atom. The van der Waals surface area contributed by atoms with Gasteiger partial charge in [0.15, 0.2) is 0 Å². The number of aromatic nitrogens is 1. The SMILES string of the molecule is CC(C)Oc1ccc(-c2nc(C(=O)N[C@@H]3CC[C@H](C(=O)O)C3)cs2)cc1. The van der Waals surface area contributed by atoms with Crippen molar-refractivity contribution in [2.75, 3.05) is 0 Å². The number of nitrogens with zero attached hydrogens (tertiary/aromatic N) is 1. The smallest absolute Gasteiger partial charge is 0.306 e. The lowest BCUT2D eigenvalue weighted by Gasteiger charge is -2.11. The molecule has 138 valence electrons. The molecule has 0 radical (unpaired) electrons. The Labute approximate surface area is 156 Å². The van der Waals surface area contributed by atoms with E-state index in [-0.39, 0.29) is 24.0 Å². The van der Waals surface area contributed by atoms with Crippen molar-refractivity contribution in [3.05, 3.63) is 35.3 Å². The highest BCUT2D eigenvalue weighted by Gasteiger charge is 2.31. The third kappa shape index (κ3) is 4.40. The lowest BCUT2D eigenvalue weighted by atomic mass is 10.1. The molecule has 0 bridgehead atoms. The number of hydrogen-bond acceptors (Lipinski definition) is 5. The number of carboxylic acids is 1. The zero-order valence-corrected chi connectivity index (χ0v) is 15.6. The molecule has 6 nitrogen and oxygen atoms in total. The lowest BCUT2D eigenvalue weighted by Crippen LogP contribution is -2.33. The van der Waals surface area contributed by atoms with Gasteiger partial charge < -0.3 is 15.2 Å².